The molecule has 0 saturated heterocycles. The van der Waals surface area contributed by atoms with Gasteiger partial charge in [0, 0.05) is 12.2 Å². The van der Waals surface area contributed by atoms with Crippen LogP contribution in [0.25, 0.3) is 0 Å². The van der Waals surface area contributed by atoms with Crippen molar-refractivity contribution in [3.8, 4) is 0 Å². The lowest BCUT2D eigenvalue weighted by atomic mass is 10.2. The molecule has 0 bridgehead atoms. The largest absolute Gasteiger partial charge is 0.320 e. The summed E-state index contributed by atoms with van der Waals surface area (Å²) in [6.45, 7) is 5.46. The molecule has 1 aromatic heterocycles. The molecular weight excluding hydrogens is 174 g/mol. The molecule has 80 valence electrons. The van der Waals surface area contributed by atoms with Crippen molar-refractivity contribution in [2.75, 3.05) is 13.6 Å². The van der Waals surface area contributed by atoms with E-state index in [9.17, 15) is 0 Å². The quantitative estimate of drug-likeness (QED) is 0.704. The Morgan fingerprint density at radius 3 is 3.00 bits per heavy atom. The molecule has 0 aliphatic carbocycles. The molecule has 14 heavy (non-hydrogen) atoms. The van der Waals surface area contributed by atoms with Gasteiger partial charge >= 0.3 is 0 Å². The zero-order valence-corrected chi connectivity index (χ0v) is 9.45. The second-order valence-corrected chi connectivity index (χ2v) is 3.79. The fraction of sp³-hybridized carbons (Fsp3) is 0.727. The van der Waals surface area contributed by atoms with E-state index in [1.54, 1.807) is 0 Å². The lowest BCUT2D eigenvalue weighted by Gasteiger charge is -2.07. The Labute approximate surface area is 86.5 Å². The summed E-state index contributed by atoms with van der Waals surface area (Å²) in [6, 6.07) is 0.521. The van der Waals surface area contributed by atoms with Gasteiger partial charge in [-0.15, -0.1) is 0 Å². The Hall–Kier alpha value is -0.830. The second-order valence-electron chi connectivity index (χ2n) is 3.79. The molecule has 1 aromatic rings. The summed E-state index contributed by atoms with van der Waals surface area (Å²) in [5, 5.41) is 7.51. The van der Waals surface area contributed by atoms with Crippen molar-refractivity contribution in [1.82, 2.24) is 15.1 Å². The van der Waals surface area contributed by atoms with Gasteiger partial charge in [0.1, 0.15) is 0 Å². The summed E-state index contributed by atoms with van der Waals surface area (Å²) in [5.41, 5.74) is 1.35. The molecule has 0 radical (unpaired) electrons. The Morgan fingerprint density at radius 2 is 2.36 bits per heavy atom. The summed E-state index contributed by atoms with van der Waals surface area (Å²) in [6.07, 6.45) is 7.60. The topological polar surface area (TPSA) is 29.9 Å². The number of nitrogens with zero attached hydrogens (tertiary/aromatic N) is 2. The fourth-order valence-electron chi connectivity index (χ4n) is 1.40. The van der Waals surface area contributed by atoms with Gasteiger partial charge in [0.05, 0.1) is 6.20 Å². The number of nitrogens with one attached hydrogen (secondary N) is 1. The van der Waals surface area contributed by atoms with Crippen LogP contribution in [0, 0.1) is 0 Å². The highest BCUT2D eigenvalue weighted by molar-refractivity contribution is 5.04. The Morgan fingerprint density at radius 1 is 1.57 bits per heavy atom. The Kier molecular flexibility index (Phi) is 4.66. The third-order valence-electron chi connectivity index (χ3n) is 2.59. The third-order valence-corrected chi connectivity index (χ3v) is 2.59. The number of aromatic nitrogens is 2. The first kappa shape index (κ1) is 11.2. The third kappa shape index (κ3) is 3.14. The molecule has 0 aromatic carbocycles. The van der Waals surface area contributed by atoms with Gasteiger partial charge in [0.15, 0.2) is 0 Å². The van der Waals surface area contributed by atoms with Crippen molar-refractivity contribution < 1.29 is 0 Å². The first-order valence-electron chi connectivity index (χ1n) is 5.45. The van der Waals surface area contributed by atoms with E-state index in [0.29, 0.717) is 6.04 Å². The molecular formula is C11H21N3. The van der Waals surface area contributed by atoms with Crippen molar-refractivity contribution in [3.05, 3.63) is 18.0 Å². The predicted octanol–water partition coefficient (Wildman–Crippen LogP) is 2.01. The molecule has 0 aliphatic heterocycles. The van der Waals surface area contributed by atoms with Crippen LogP contribution in [-0.4, -0.2) is 23.4 Å². The monoisotopic (exact) mass is 195 g/mol. The van der Waals surface area contributed by atoms with Crippen LogP contribution in [0.15, 0.2) is 12.4 Å². The van der Waals surface area contributed by atoms with Gasteiger partial charge in [0.25, 0.3) is 0 Å². The molecule has 1 atom stereocenters. The van der Waals surface area contributed by atoms with Gasteiger partial charge in [-0.1, -0.05) is 6.92 Å². The van der Waals surface area contributed by atoms with Crippen LogP contribution < -0.4 is 5.32 Å². The summed E-state index contributed by atoms with van der Waals surface area (Å²) >= 11 is 0. The van der Waals surface area contributed by atoms with Gasteiger partial charge in [-0.05, 0) is 45.3 Å². The van der Waals surface area contributed by atoms with Gasteiger partial charge in [0.2, 0.25) is 0 Å². The Balaban J connectivity index is 2.42. The maximum absolute atomic E-state index is 4.36. The first-order chi connectivity index (χ1) is 6.77. The van der Waals surface area contributed by atoms with Crippen LogP contribution in [0.3, 0.4) is 0 Å². The smallest absolute Gasteiger partial charge is 0.0521 e. The Bertz CT molecular complexity index is 255. The fourth-order valence-corrected chi connectivity index (χ4v) is 1.40. The van der Waals surface area contributed by atoms with E-state index < -0.39 is 0 Å². The summed E-state index contributed by atoms with van der Waals surface area (Å²) < 4.78 is 2.06. The van der Waals surface area contributed by atoms with Gasteiger partial charge in [-0.3, -0.25) is 4.68 Å². The minimum atomic E-state index is 0.521. The highest BCUT2D eigenvalue weighted by Gasteiger charge is 2.03. The van der Waals surface area contributed by atoms with Crippen molar-refractivity contribution in [2.24, 2.45) is 0 Å². The zero-order chi connectivity index (χ0) is 10.4. The molecule has 0 saturated carbocycles. The zero-order valence-electron chi connectivity index (χ0n) is 9.45. The number of hydrogen-bond acceptors (Lipinski definition) is 2. The van der Waals surface area contributed by atoms with Crippen LogP contribution in [-0.2, 0) is 6.42 Å². The van der Waals surface area contributed by atoms with Crippen LogP contribution in [0.4, 0.5) is 0 Å². The average molecular weight is 195 g/mol. The summed E-state index contributed by atoms with van der Waals surface area (Å²) in [4.78, 5) is 0. The van der Waals surface area contributed by atoms with Crippen LogP contribution in [0.2, 0.25) is 0 Å². The molecule has 0 fully saturated rings. The second kappa shape index (κ2) is 5.81. The van der Waals surface area contributed by atoms with Gasteiger partial charge < -0.3 is 5.32 Å². The number of hydrogen-bond donors (Lipinski definition) is 1. The molecule has 1 heterocycles. The van der Waals surface area contributed by atoms with E-state index in [2.05, 4.69) is 35.1 Å². The van der Waals surface area contributed by atoms with E-state index in [0.717, 1.165) is 19.4 Å². The lowest BCUT2D eigenvalue weighted by molar-refractivity contribution is 0.477. The van der Waals surface area contributed by atoms with Crippen LogP contribution in [0.5, 0.6) is 0 Å². The molecule has 0 spiro atoms. The van der Waals surface area contributed by atoms with Crippen molar-refractivity contribution in [1.29, 1.82) is 0 Å². The molecule has 0 aliphatic rings. The maximum Gasteiger partial charge on any atom is 0.0521 e. The minimum absolute atomic E-state index is 0.521. The molecule has 3 nitrogen and oxygen atoms in total. The van der Waals surface area contributed by atoms with Gasteiger partial charge in [-0.25, -0.2) is 0 Å². The number of rotatable bonds is 6. The molecule has 1 N–H and O–H groups in total. The first-order valence-corrected chi connectivity index (χ1v) is 5.45. The van der Waals surface area contributed by atoms with Gasteiger partial charge in [-0.2, -0.15) is 5.10 Å². The van der Waals surface area contributed by atoms with Crippen molar-refractivity contribution in [3.63, 3.8) is 0 Å². The summed E-state index contributed by atoms with van der Waals surface area (Å²) in [7, 11) is 1.99. The standard InChI is InChI=1S/C11H21N3/c1-4-10(2)14-9-11(8-13-14)6-5-7-12-3/h8-10,12H,4-7H2,1-3H3. The van der Waals surface area contributed by atoms with Crippen LogP contribution >= 0.6 is 0 Å². The van der Waals surface area contributed by atoms with E-state index in [1.165, 1.54) is 12.0 Å². The van der Waals surface area contributed by atoms with E-state index in [1.807, 2.05) is 13.2 Å². The highest BCUT2D eigenvalue weighted by Crippen LogP contribution is 2.10. The SMILES string of the molecule is CCC(C)n1cc(CCCNC)cn1. The highest BCUT2D eigenvalue weighted by atomic mass is 15.3. The number of aryl methyl sites for hydroxylation is 1. The maximum atomic E-state index is 4.36. The van der Waals surface area contributed by atoms with Crippen molar-refractivity contribution in [2.45, 2.75) is 39.2 Å². The predicted molar refractivity (Wildman–Crippen MR) is 59.5 cm³/mol. The average Bonchev–Trinajstić information content (AvgIpc) is 2.66. The molecule has 1 unspecified atom stereocenters. The van der Waals surface area contributed by atoms with Crippen LogP contribution in [0.1, 0.15) is 38.3 Å². The van der Waals surface area contributed by atoms with Crippen molar-refractivity contribution >= 4 is 0 Å². The van der Waals surface area contributed by atoms with E-state index in [4.69, 9.17) is 0 Å². The lowest BCUT2D eigenvalue weighted by Crippen LogP contribution is -2.08. The molecule has 1 rings (SSSR count). The molecule has 3 heteroatoms. The van der Waals surface area contributed by atoms with E-state index >= 15 is 0 Å². The summed E-state index contributed by atoms with van der Waals surface area (Å²) in [5.74, 6) is 0. The minimum Gasteiger partial charge on any atom is -0.320 e. The normalized spacial score (nSPS) is 13.1. The van der Waals surface area contributed by atoms with E-state index in [-0.39, 0.29) is 0 Å². The molecule has 0 amide bonds.